The number of phenols is 1. The monoisotopic (exact) mass is 311 g/mol. The molecule has 1 fully saturated rings. The highest BCUT2D eigenvalue weighted by Crippen LogP contribution is 2.36. The van der Waals surface area contributed by atoms with Crippen LogP contribution >= 0.6 is 15.9 Å². The lowest BCUT2D eigenvalue weighted by Gasteiger charge is -2.23. The zero-order valence-electron chi connectivity index (χ0n) is 10.9. The summed E-state index contributed by atoms with van der Waals surface area (Å²) in [6.45, 7) is 6.95. The van der Waals surface area contributed by atoms with Crippen molar-refractivity contribution in [1.82, 2.24) is 0 Å². The van der Waals surface area contributed by atoms with Crippen LogP contribution in [0.1, 0.15) is 32.8 Å². The van der Waals surface area contributed by atoms with Gasteiger partial charge in [-0.2, -0.15) is 0 Å². The molecule has 4 heteroatoms. The number of hydrogen-bond acceptors (Lipinski definition) is 2. The molecule has 2 rings (SSSR count). The highest BCUT2D eigenvalue weighted by molar-refractivity contribution is 9.09. The lowest BCUT2D eigenvalue weighted by molar-refractivity contribution is -0.117. The molecule has 1 aliphatic rings. The minimum absolute atomic E-state index is 0.000967. The molecule has 0 spiro atoms. The van der Waals surface area contributed by atoms with Crippen LogP contribution in [0.4, 0.5) is 5.69 Å². The van der Waals surface area contributed by atoms with Crippen LogP contribution in [0.15, 0.2) is 18.2 Å². The predicted octanol–water partition coefficient (Wildman–Crippen LogP) is 3.19. The van der Waals surface area contributed by atoms with Crippen LogP contribution < -0.4 is 4.90 Å². The highest BCUT2D eigenvalue weighted by Gasteiger charge is 2.31. The summed E-state index contributed by atoms with van der Waals surface area (Å²) < 4.78 is 0. The molecule has 1 saturated heterocycles. The number of amides is 1. The van der Waals surface area contributed by atoms with Gasteiger partial charge in [-0.3, -0.25) is 4.79 Å². The van der Waals surface area contributed by atoms with E-state index in [1.807, 2.05) is 12.1 Å². The fourth-order valence-electron chi connectivity index (χ4n) is 2.10. The molecule has 0 bridgehead atoms. The maximum Gasteiger partial charge on any atom is 0.228 e. The van der Waals surface area contributed by atoms with Gasteiger partial charge in [0.1, 0.15) is 5.75 Å². The largest absolute Gasteiger partial charge is 0.506 e. The first-order chi connectivity index (χ1) is 8.29. The van der Waals surface area contributed by atoms with E-state index in [2.05, 4.69) is 36.7 Å². The Hall–Kier alpha value is -1.03. The predicted molar refractivity (Wildman–Crippen MR) is 76.5 cm³/mol. The van der Waals surface area contributed by atoms with Gasteiger partial charge in [-0.25, -0.2) is 0 Å². The van der Waals surface area contributed by atoms with E-state index in [0.717, 1.165) is 5.56 Å². The van der Waals surface area contributed by atoms with Gasteiger partial charge in [0.15, 0.2) is 0 Å². The van der Waals surface area contributed by atoms with E-state index in [-0.39, 0.29) is 21.9 Å². The first-order valence-corrected chi connectivity index (χ1v) is 6.98. The van der Waals surface area contributed by atoms with Crippen LogP contribution in [0.25, 0.3) is 0 Å². The topological polar surface area (TPSA) is 40.5 Å². The summed E-state index contributed by atoms with van der Waals surface area (Å²) in [6, 6.07) is 5.49. The van der Waals surface area contributed by atoms with Gasteiger partial charge in [0.2, 0.25) is 5.91 Å². The molecule has 1 unspecified atom stereocenters. The van der Waals surface area contributed by atoms with Gasteiger partial charge in [0.05, 0.1) is 5.69 Å². The second kappa shape index (κ2) is 4.57. The molecule has 1 aromatic carbocycles. The van der Waals surface area contributed by atoms with Crippen molar-refractivity contribution < 1.29 is 9.90 Å². The molecule has 1 aliphatic heterocycles. The van der Waals surface area contributed by atoms with Gasteiger partial charge in [-0.05, 0) is 23.1 Å². The molecule has 0 aromatic heterocycles. The molecule has 3 nitrogen and oxygen atoms in total. The number of benzene rings is 1. The molecular weight excluding hydrogens is 294 g/mol. The molecule has 1 N–H and O–H groups in total. The number of hydrogen-bond donors (Lipinski definition) is 1. The number of anilines is 1. The van der Waals surface area contributed by atoms with Crippen LogP contribution in [0, 0.1) is 0 Å². The Morgan fingerprint density at radius 1 is 1.39 bits per heavy atom. The van der Waals surface area contributed by atoms with E-state index < -0.39 is 0 Å². The third-order valence-electron chi connectivity index (χ3n) is 3.21. The second-order valence-electron chi connectivity index (χ2n) is 5.76. The van der Waals surface area contributed by atoms with E-state index in [1.165, 1.54) is 0 Å². The molecular formula is C14H18BrNO2. The average molecular weight is 312 g/mol. The van der Waals surface area contributed by atoms with E-state index in [4.69, 9.17) is 0 Å². The molecule has 0 radical (unpaired) electrons. The molecule has 0 aliphatic carbocycles. The quantitative estimate of drug-likeness (QED) is 0.809. The van der Waals surface area contributed by atoms with Crippen LogP contribution in [0.3, 0.4) is 0 Å². The lowest BCUT2D eigenvalue weighted by atomic mass is 9.86. The summed E-state index contributed by atoms with van der Waals surface area (Å²) in [6.07, 6.45) is 0.485. The SMILES string of the molecule is CC(C)(C)c1ccc(O)c(N2CC(Br)CC2=O)c1. The number of phenolic OH excluding ortho intramolecular Hbond substituents is 1. The number of carbonyl (C=O) groups is 1. The third-order valence-corrected chi connectivity index (χ3v) is 3.82. The zero-order chi connectivity index (χ0) is 13.5. The maximum absolute atomic E-state index is 11.9. The first-order valence-electron chi connectivity index (χ1n) is 6.07. The number of aromatic hydroxyl groups is 1. The van der Waals surface area contributed by atoms with Crippen LogP contribution in [0.5, 0.6) is 5.75 Å². The Morgan fingerprint density at radius 2 is 2.06 bits per heavy atom. The van der Waals surface area contributed by atoms with Crippen LogP contribution in [0.2, 0.25) is 0 Å². The summed E-state index contributed by atoms with van der Waals surface area (Å²) in [5, 5.41) is 9.96. The molecule has 1 atom stereocenters. The van der Waals surface area contributed by atoms with Crippen molar-refractivity contribution in [3.63, 3.8) is 0 Å². The smallest absolute Gasteiger partial charge is 0.228 e. The molecule has 98 valence electrons. The highest BCUT2D eigenvalue weighted by atomic mass is 79.9. The molecule has 18 heavy (non-hydrogen) atoms. The summed E-state index contributed by atoms with van der Waals surface area (Å²) >= 11 is 3.45. The van der Waals surface area contributed by atoms with Crippen molar-refractivity contribution >= 4 is 27.5 Å². The van der Waals surface area contributed by atoms with Crippen LogP contribution in [-0.2, 0) is 10.2 Å². The van der Waals surface area contributed by atoms with Crippen molar-refractivity contribution in [1.29, 1.82) is 0 Å². The van der Waals surface area contributed by atoms with Gasteiger partial charge in [-0.1, -0.05) is 42.8 Å². The van der Waals surface area contributed by atoms with Crippen molar-refractivity contribution in [2.24, 2.45) is 0 Å². The number of halogens is 1. The van der Waals surface area contributed by atoms with Gasteiger partial charge in [0, 0.05) is 17.8 Å². The number of nitrogens with zero attached hydrogens (tertiary/aromatic N) is 1. The zero-order valence-corrected chi connectivity index (χ0v) is 12.5. The van der Waals surface area contributed by atoms with Crippen molar-refractivity contribution in [2.75, 3.05) is 11.4 Å². The van der Waals surface area contributed by atoms with Gasteiger partial charge in [-0.15, -0.1) is 0 Å². The summed E-state index contributed by atoms with van der Waals surface area (Å²) in [4.78, 5) is 13.7. The first kappa shape index (κ1) is 13.4. The Labute approximate surface area is 116 Å². The fourth-order valence-corrected chi connectivity index (χ4v) is 2.67. The van der Waals surface area contributed by atoms with Crippen molar-refractivity contribution in [3.05, 3.63) is 23.8 Å². The van der Waals surface area contributed by atoms with E-state index in [9.17, 15) is 9.90 Å². The summed E-state index contributed by atoms with van der Waals surface area (Å²) in [5.74, 6) is 0.219. The molecule has 1 heterocycles. The van der Waals surface area contributed by atoms with E-state index in [0.29, 0.717) is 18.7 Å². The van der Waals surface area contributed by atoms with Gasteiger partial charge >= 0.3 is 0 Å². The van der Waals surface area contributed by atoms with E-state index >= 15 is 0 Å². The maximum atomic E-state index is 11.9. The Kier molecular flexibility index (Phi) is 3.41. The molecule has 1 aromatic rings. The number of carbonyl (C=O) groups excluding carboxylic acids is 1. The minimum atomic E-state index is -0.000967. The Bertz CT molecular complexity index is 479. The Balaban J connectivity index is 2.41. The fraction of sp³-hybridized carbons (Fsp3) is 0.500. The van der Waals surface area contributed by atoms with Crippen molar-refractivity contribution in [2.45, 2.75) is 37.4 Å². The third kappa shape index (κ3) is 2.53. The lowest BCUT2D eigenvalue weighted by Crippen LogP contribution is -2.25. The van der Waals surface area contributed by atoms with Crippen LogP contribution in [-0.4, -0.2) is 22.4 Å². The van der Waals surface area contributed by atoms with Crippen molar-refractivity contribution in [3.8, 4) is 5.75 Å². The van der Waals surface area contributed by atoms with E-state index in [1.54, 1.807) is 11.0 Å². The average Bonchev–Trinajstić information content (AvgIpc) is 2.56. The minimum Gasteiger partial charge on any atom is -0.506 e. The Morgan fingerprint density at radius 3 is 2.56 bits per heavy atom. The number of alkyl halides is 1. The standard InChI is InChI=1S/C14H18BrNO2/c1-14(2,3)9-4-5-12(17)11(6-9)16-8-10(15)7-13(16)18/h4-6,10,17H,7-8H2,1-3H3. The normalized spacial score (nSPS) is 20.6. The van der Waals surface area contributed by atoms with Gasteiger partial charge in [0.25, 0.3) is 0 Å². The number of rotatable bonds is 1. The summed E-state index contributed by atoms with van der Waals surface area (Å²) in [7, 11) is 0. The summed E-state index contributed by atoms with van der Waals surface area (Å²) in [5.41, 5.74) is 1.73. The second-order valence-corrected chi connectivity index (χ2v) is 7.05. The molecule has 0 saturated carbocycles. The molecule has 1 amide bonds. The van der Waals surface area contributed by atoms with Gasteiger partial charge < -0.3 is 10.0 Å².